The molecular formula is C9H6O3. The van der Waals surface area contributed by atoms with Gasteiger partial charge < -0.3 is 4.74 Å². The monoisotopic (exact) mass is 162 g/mol. The highest BCUT2D eigenvalue weighted by atomic mass is 16.5. The first-order chi connectivity index (χ1) is 5.77. The zero-order valence-electron chi connectivity index (χ0n) is 6.24. The van der Waals surface area contributed by atoms with Crippen molar-refractivity contribution in [1.82, 2.24) is 0 Å². The number of hydrogen-bond donors (Lipinski definition) is 0. The van der Waals surface area contributed by atoms with Gasteiger partial charge in [-0.3, -0.25) is 9.59 Å². The summed E-state index contributed by atoms with van der Waals surface area (Å²) >= 11 is 0. The summed E-state index contributed by atoms with van der Waals surface area (Å²) in [7, 11) is 0. The molecule has 1 aliphatic carbocycles. The summed E-state index contributed by atoms with van der Waals surface area (Å²) in [6.45, 7) is 0. The number of ether oxygens (including phenoxy) is 1. The largest absolute Gasteiger partial charge is 0.472 e. The van der Waals surface area contributed by atoms with Crippen molar-refractivity contribution in [1.29, 1.82) is 0 Å². The van der Waals surface area contributed by atoms with Crippen molar-refractivity contribution >= 4 is 11.6 Å². The van der Waals surface area contributed by atoms with Gasteiger partial charge >= 0.3 is 0 Å². The SMILES string of the molecule is O=C1C=C2C=COC=C2C(=O)C1. The molecule has 1 aliphatic heterocycles. The van der Waals surface area contributed by atoms with Gasteiger partial charge in [-0.2, -0.15) is 0 Å². The molecule has 0 aromatic heterocycles. The minimum absolute atomic E-state index is 0.0352. The second-order valence-corrected chi connectivity index (χ2v) is 2.64. The molecule has 60 valence electrons. The van der Waals surface area contributed by atoms with Crippen LogP contribution in [0, 0.1) is 0 Å². The van der Waals surface area contributed by atoms with Crippen LogP contribution in [0.2, 0.25) is 0 Å². The molecule has 0 saturated carbocycles. The lowest BCUT2D eigenvalue weighted by molar-refractivity contribution is -0.123. The van der Waals surface area contributed by atoms with Crippen LogP contribution in [0.15, 0.2) is 35.8 Å². The molecule has 0 fully saturated rings. The van der Waals surface area contributed by atoms with Crippen molar-refractivity contribution in [2.75, 3.05) is 0 Å². The normalized spacial score (nSPS) is 21.0. The standard InChI is InChI=1S/C9H6O3/c10-7-3-6-1-2-12-5-8(6)9(11)4-7/h1-3,5H,4H2. The molecule has 0 spiro atoms. The van der Waals surface area contributed by atoms with Crippen LogP contribution >= 0.6 is 0 Å². The van der Waals surface area contributed by atoms with Gasteiger partial charge in [0, 0.05) is 0 Å². The first-order valence-corrected chi connectivity index (χ1v) is 3.57. The molecule has 3 nitrogen and oxygen atoms in total. The molecule has 0 saturated heterocycles. The Kier molecular flexibility index (Phi) is 1.43. The molecule has 0 atom stereocenters. The predicted molar refractivity (Wildman–Crippen MR) is 41.0 cm³/mol. The second-order valence-electron chi connectivity index (χ2n) is 2.64. The van der Waals surface area contributed by atoms with Crippen molar-refractivity contribution in [2.24, 2.45) is 0 Å². The van der Waals surface area contributed by atoms with Gasteiger partial charge in [0.1, 0.15) is 6.26 Å². The lowest BCUT2D eigenvalue weighted by Gasteiger charge is -2.14. The minimum Gasteiger partial charge on any atom is -0.472 e. The molecular weight excluding hydrogens is 156 g/mol. The van der Waals surface area contributed by atoms with Gasteiger partial charge in [0.25, 0.3) is 0 Å². The first kappa shape index (κ1) is 7.03. The van der Waals surface area contributed by atoms with E-state index in [1.165, 1.54) is 18.6 Å². The number of allylic oxidation sites excluding steroid dienone is 4. The fraction of sp³-hybridized carbons (Fsp3) is 0.111. The molecule has 0 radical (unpaired) electrons. The van der Waals surface area contributed by atoms with Crippen LogP contribution in [0.3, 0.4) is 0 Å². The lowest BCUT2D eigenvalue weighted by Crippen LogP contribution is -2.17. The number of carbonyl (C=O) groups is 2. The summed E-state index contributed by atoms with van der Waals surface area (Å²) in [6.07, 6.45) is 5.87. The van der Waals surface area contributed by atoms with E-state index >= 15 is 0 Å². The Balaban J connectivity index is 2.49. The van der Waals surface area contributed by atoms with Crippen LogP contribution in [-0.4, -0.2) is 11.6 Å². The highest BCUT2D eigenvalue weighted by Crippen LogP contribution is 2.22. The molecule has 0 N–H and O–H groups in total. The van der Waals surface area contributed by atoms with Gasteiger partial charge in [0.2, 0.25) is 0 Å². The van der Waals surface area contributed by atoms with Crippen LogP contribution in [0.4, 0.5) is 0 Å². The molecule has 0 unspecified atom stereocenters. The van der Waals surface area contributed by atoms with Gasteiger partial charge in [-0.25, -0.2) is 0 Å². The van der Waals surface area contributed by atoms with Crippen molar-refractivity contribution in [3.05, 3.63) is 35.8 Å². The molecule has 12 heavy (non-hydrogen) atoms. The molecule has 0 aromatic carbocycles. The third-order valence-corrected chi connectivity index (χ3v) is 1.77. The number of hydrogen-bond acceptors (Lipinski definition) is 3. The van der Waals surface area contributed by atoms with Crippen molar-refractivity contribution in [2.45, 2.75) is 6.42 Å². The minimum atomic E-state index is -0.165. The maximum atomic E-state index is 11.2. The zero-order chi connectivity index (χ0) is 8.55. The Morgan fingerprint density at radius 3 is 3.00 bits per heavy atom. The third-order valence-electron chi connectivity index (χ3n) is 1.77. The Bertz CT molecular complexity index is 345. The van der Waals surface area contributed by atoms with Crippen LogP contribution in [0.5, 0.6) is 0 Å². The Morgan fingerprint density at radius 2 is 2.17 bits per heavy atom. The number of ketones is 2. The van der Waals surface area contributed by atoms with E-state index in [-0.39, 0.29) is 18.0 Å². The molecule has 1 heterocycles. The van der Waals surface area contributed by atoms with E-state index in [2.05, 4.69) is 0 Å². The Labute approximate surface area is 69.0 Å². The van der Waals surface area contributed by atoms with Crippen LogP contribution < -0.4 is 0 Å². The number of Topliss-reactive ketones (excluding diaryl/α,β-unsaturated/α-hetero) is 1. The molecule has 2 rings (SSSR count). The van der Waals surface area contributed by atoms with Gasteiger partial charge in [0.05, 0.1) is 18.3 Å². The van der Waals surface area contributed by atoms with Gasteiger partial charge in [-0.05, 0) is 17.7 Å². The molecule has 0 bridgehead atoms. The van der Waals surface area contributed by atoms with Gasteiger partial charge in [-0.15, -0.1) is 0 Å². The number of carbonyl (C=O) groups excluding carboxylic acids is 2. The fourth-order valence-corrected chi connectivity index (χ4v) is 1.21. The maximum absolute atomic E-state index is 11.2. The van der Waals surface area contributed by atoms with Crippen LogP contribution in [0.25, 0.3) is 0 Å². The van der Waals surface area contributed by atoms with Gasteiger partial charge in [-0.1, -0.05) is 0 Å². The average molecular weight is 162 g/mol. The molecule has 0 amide bonds. The number of fused-ring (bicyclic) bond motifs is 1. The van der Waals surface area contributed by atoms with E-state index in [1.807, 2.05) is 0 Å². The van der Waals surface area contributed by atoms with Crippen molar-refractivity contribution in [3.8, 4) is 0 Å². The summed E-state index contributed by atoms with van der Waals surface area (Å²) in [5, 5.41) is 0. The highest BCUT2D eigenvalue weighted by Gasteiger charge is 2.23. The second kappa shape index (κ2) is 2.44. The summed E-state index contributed by atoms with van der Waals surface area (Å²) < 4.78 is 4.83. The maximum Gasteiger partial charge on any atom is 0.174 e. The van der Waals surface area contributed by atoms with E-state index in [9.17, 15) is 9.59 Å². The fourth-order valence-electron chi connectivity index (χ4n) is 1.21. The van der Waals surface area contributed by atoms with Gasteiger partial charge in [0.15, 0.2) is 11.6 Å². The third kappa shape index (κ3) is 0.993. The van der Waals surface area contributed by atoms with E-state index in [4.69, 9.17) is 4.74 Å². The summed E-state index contributed by atoms with van der Waals surface area (Å²) in [6, 6.07) is 0. The Hall–Kier alpha value is -1.64. The van der Waals surface area contributed by atoms with Crippen molar-refractivity contribution in [3.63, 3.8) is 0 Å². The predicted octanol–water partition coefficient (Wildman–Crippen LogP) is 0.882. The zero-order valence-corrected chi connectivity index (χ0v) is 6.24. The van der Waals surface area contributed by atoms with Crippen LogP contribution in [0.1, 0.15) is 6.42 Å². The molecule has 0 aromatic rings. The lowest BCUT2D eigenvalue weighted by atomic mass is 9.92. The summed E-state index contributed by atoms with van der Waals surface area (Å²) in [4.78, 5) is 22.1. The molecule has 2 aliphatic rings. The van der Waals surface area contributed by atoms with E-state index in [1.54, 1.807) is 6.08 Å². The Morgan fingerprint density at radius 1 is 1.33 bits per heavy atom. The first-order valence-electron chi connectivity index (χ1n) is 3.57. The van der Waals surface area contributed by atoms with E-state index in [0.29, 0.717) is 11.1 Å². The highest BCUT2D eigenvalue weighted by molar-refractivity contribution is 6.17. The molecule has 3 heteroatoms. The summed E-state index contributed by atoms with van der Waals surface area (Å²) in [5.41, 5.74) is 1.15. The average Bonchev–Trinajstić information content (AvgIpc) is 2.04. The topological polar surface area (TPSA) is 43.4 Å². The van der Waals surface area contributed by atoms with Crippen LogP contribution in [-0.2, 0) is 14.3 Å². The number of rotatable bonds is 0. The smallest absolute Gasteiger partial charge is 0.174 e. The van der Waals surface area contributed by atoms with E-state index in [0.717, 1.165) is 0 Å². The van der Waals surface area contributed by atoms with E-state index < -0.39 is 0 Å². The summed E-state index contributed by atoms with van der Waals surface area (Å²) in [5.74, 6) is -0.305. The quantitative estimate of drug-likeness (QED) is 0.496. The van der Waals surface area contributed by atoms with Crippen molar-refractivity contribution < 1.29 is 14.3 Å².